The fourth-order valence-electron chi connectivity index (χ4n) is 1.64. The highest BCUT2D eigenvalue weighted by molar-refractivity contribution is 7.80. The molecule has 14 heavy (non-hydrogen) atoms. The van der Waals surface area contributed by atoms with E-state index in [1.807, 2.05) is 0 Å². The standard InChI is InChI=1S/C9H12N2O2S/c1-13-9(6-2-3-6)5-4-7(12)10-8(14)11-9/h4-6H,2-3H2,1H3,(H2,10,11,12,14). The number of rotatable bonds is 2. The van der Waals surface area contributed by atoms with E-state index >= 15 is 0 Å². The van der Waals surface area contributed by atoms with E-state index in [2.05, 4.69) is 10.6 Å². The first-order valence-corrected chi connectivity index (χ1v) is 4.94. The lowest BCUT2D eigenvalue weighted by Gasteiger charge is -2.30. The van der Waals surface area contributed by atoms with Crippen molar-refractivity contribution < 1.29 is 9.53 Å². The second kappa shape index (κ2) is 3.33. The third-order valence-electron chi connectivity index (χ3n) is 2.55. The van der Waals surface area contributed by atoms with Gasteiger partial charge in [-0.1, -0.05) is 0 Å². The number of thiocarbonyl (C=S) groups is 1. The first kappa shape index (κ1) is 9.61. The van der Waals surface area contributed by atoms with E-state index in [0.717, 1.165) is 12.8 Å². The fourth-order valence-corrected chi connectivity index (χ4v) is 1.90. The summed E-state index contributed by atoms with van der Waals surface area (Å²) in [6.45, 7) is 0. The summed E-state index contributed by atoms with van der Waals surface area (Å²) >= 11 is 4.97. The van der Waals surface area contributed by atoms with Gasteiger partial charge in [-0.25, -0.2) is 0 Å². The Morgan fingerprint density at radius 3 is 2.93 bits per heavy atom. The van der Waals surface area contributed by atoms with E-state index in [0.29, 0.717) is 11.0 Å². The van der Waals surface area contributed by atoms with E-state index in [9.17, 15) is 4.79 Å². The molecule has 0 bridgehead atoms. The summed E-state index contributed by atoms with van der Waals surface area (Å²) < 4.78 is 5.42. The predicted molar refractivity (Wildman–Crippen MR) is 55.5 cm³/mol. The zero-order chi connectivity index (χ0) is 10.2. The van der Waals surface area contributed by atoms with E-state index in [-0.39, 0.29) is 5.91 Å². The molecule has 4 nitrogen and oxygen atoms in total. The minimum absolute atomic E-state index is 0.206. The first-order valence-electron chi connectivity index (χ1n) is 4.54. The average Bonchev–Trinajstić information content (AvgIpc) is 2.93. The second-order valence-electron chi connectivity index (χ2n) is 3.55. The summed E-state index contributed by atoms with van der Waals surface area (Å²) in [6, 6.07) is 0. The molecule has 0 spiro atoms. The molecule has 1 atom stereocenters. The van der Waals surface area contributed by atoms with Gasteiger partial charge in [0.15, 0.2) is 10.8 Å². The number of amides is 1. The Balaban J connectivity index is 2.26. The van der Waals surface area contributed by atoms with Crippen molar-refractivity contribution in [3.05, 3.63) is 12.2 Å². The molecule has 2 rings (SSSR count). The highest BCUT2D eigenvalue weighted by Gasteiger charge is 2.45. The third-order valence-corrected chi connectivity index (χ3v) is 2.75. The van der Waals surface area contributed by atoms with Crippen molar-refractivity contribution in [3.63, 3.8) is 0 Å². The molecule has 1 fully saturated rings. The molecule has 1 aliphatic heterocycles. The maximum absolute atomic E-state index is 11.2. The molecule has 0 aromatic carbocycles. The van der Waals surface area contributed by atoms with Crippen molar-refractivity contribution in [2.75, 3.05) is 7.11 Å². The van der Waals surface area contributed by atoms with Crippen LogP contribution in [0.2, 0.25) is 0 Å². The van der Waals surface area contributed by atoms with Crippen LogP contribution in [0.4, 0.5) is 0 Å². The second-order valence-corrected chi connectivity index (χ2v) is 3.96. The van der Waals surface area contributed by atoms with E-state index < -0.39 is 5.72 Å². The van der Waals surface area contributed by atoms with Gasteiger partial charge in [-0.3, -0.25) is 10.1 Å². The molecule has 0 saturated heterocycles. The van der Waals surface area contributed by atoms with E-state index in [1.54, 1.807) is 13.2 Å². The molecule has 1 amide bonds. The molecule has 76 valence electrons. The van der Waals surface area contributed by atoms with Crippen LogP contribution < -0.4 is 10.6 Å². The SMILES string of the molecule is COC1(C2CC2)C=CC(=O)NC(=S)N1. The average molecular weight is 212 g/mol. The fraction of sp³-hybridized carbons (Fsp3) is 0.556. The van der Waals surface area contributed by atoms with E-state index in [4.69, 9.17) is 17.0 Å². The molecular formula is C9H12N2O2S. The topological polar surface area (TPSA) is 50.4 Å². The molecule has 0 aromatic rings. The van der Waals surface area contributed by atoms with Crippen molar-refractivity contribution >= 4 is 23.2 Å². The summed E-state index contributed by atoms with van der Waals surface area (Å²) in [5.41, 5.74) is -0.587. The lowest BCUT2D eigenvalue weighted by molar-refractivity contribution is -0.115. The van der Waals surface area contributed by atoms with Gasteiger partial charge >= 0.3 is 0 Å². The highest BCUT2D eigenvalue weighted by atomic mass is 32.1. The van der Waals surface area contributed by atoms with Crippen LogP contribution in [0.1, 0.15) is 12.8 Å². The summed E-state index contributed by atoms with van der Waals surface area (Å²) in [4.78, 5) is 11.2. The summed E-state index contributed by atoms with van der Waals surface area (Å²) in [6.07, 6.45) is 5.41. The molecule has 1 heterocycles. The van der Waals surface area contributed by atoms with Gasteiger partial charge in [0, 0.05) is 19.1 Å². The molecule has 1 aliphatic carbocycles. The van der Waals surface area contributed by atoms with Gasteiger partial charge in [-0.05, 0) is 31.1 Å². The summed E-state index contributed by atoms with van der Waals surface area (Å²) in [5.74, 6) is 0.205. The van der Waals surface area contributed by atoms with Gasteiger partial charge in [0.1, 0.15) is 0 Å². The Morgan fingerprint density at radius 2 is 2.36 bits per heavy atom. The van der Waals surface area contributed by atoms with Crippen LogP contribution in [0.3, 0.4) is 0 Å². The van der Waals surface area contributed by atoms with Crippen LogP contribution in [0, 0.1) is 5.92 Å². The van der Waals surface area contributed by atoms with Crippen LogP contribution >= 0.6 is 12.2 Å². The lowest BCUT2D eigenvalue weighted by Crippen LogP contribution is -2.52. The van der Waals surface area contributed by atoms with Gasteiger partial charge in [0.2, 0.25) is 5.91 Å². The van der Waals surface area contributed by atoms with Crippen molar-refractivity contribution in [2.45, 2.75) is 18.6 Å². The van der Waals surface area contributed by atoms with Crippen LogP contribution in [0.5, 0.6) is 0 Å². The normalized spacial score (nSPS) is 32.1. The molecule has 5 heteroatoms. The monoisotopic (exact) mass is 212 g/mol. The Kier molecular flexibility index (Phi) is 2.28. The first-order chi connectivity index (χ1) is 6.66. The predicted octanol–water partition coefficient (Wildman–Crippen LogP) is 0.300. The van der Waals surface area contributed by atoms with Gasteiger partial charge in [0.05, 0.1) is 0 Å². The molecule has 1 saturated carbocycles. The van der Waals surface area contributed by atoms with Gasteiger partial charge in [-0.2, -0.15) is 0 Å². The quantitative estimate of drug-likeness (QED) is 0.646. The molecule has 2 N–H and O–H groups in total. The Bertz CT molecular complexity index is 312. The van der Waals surface area contributed by atoms with Crippen molar-refractivity contribution in [1.29, 1.82) is 0 Å². The third kappa shape index (κ3) is 1.65. The lowest BCUT2D eigenvalue weighted by atomic mass is 10.1. The number of ether oxygens (including phenoxy) is 1. The Morgan fingerprint density at radius 1 is 1.64 bits per heavy atom. The molecule has 0 aromatic heterocycles. The Hall–Kier alpha value is -0.940. The van der Waals surface area contributed by atoms with Crippen molar-refractivity contribution in [2.24, 2.45) is 5.92 Å². The van der Waals surface area contributed by atoms with Crippen molar-refractivity contribution in [1.82, 2.24) is 10.6 Å². The number of carbonyl (C=O) groups excluding carboxylic acids is 1. The maximum atomic E-state index is 11.2. The zero-order valence-corrected chi connectivity index (χ0v) is 8.69. The van der Waals surface area contributed by atoms with Gasteiger partial charge < -0.3 is 10.1 Å². The van der Waals surface area contributed by atoms with Crippen LogP contribution in [0.25, 0.3) is 0 Å². The number of methoxy groups -OCH3 is 1. The van der Waals surface area contributed by atoms with E-state index in [1.165, 1.54) is 6.08 Å². The zero-order valence-electron chi connectivity index (χ0n) is 7.87. The molecular weight excluding hydrogens is 200 g/mol. The Labute approximate surface area is 87.7 Å². The smallest absolute Gasteiger partial charge is 0.249 e. The van der Waals surface area contributed by atoms with Crippen LogP contribution in [-0.4, -0.2) is 23.9 Å². The minimum atomic E-state index is -0.587. The maximum Gasteiger partial charge on any atom is 0.249 e. The number of carbonyl (C=O) groups is 1. The van der Waals surface area contributed by atoms with Crippen LogP contribution in [-0.2, 0) is 9.53 Å². The largest absolute Gasteiger partial charge is 0.355 e. The number of hydrogen-bond donors (Lipinski definition) is 2. The summed E-state index contributed by atoms with van der Waals surface area (Å²) in [7, 11) is 1.62. The van der Waals surface area contributed by atoms with Gasteiger partial charge in [-0.15, -0.1) is 0 Å². The molecule has 1 unspecified atom stereocenters. The van der Waals surface area contributed by atoms with Crippen molar-refractivity contribution in [3.8, 4) is 0 Å². The van der Waals surface area contributed by atoms with Crippen LogP contribution in [0.15, 0.2) is 12.2 Å². The van der Waals surface area contributed by atoms with Gasteiger partial charge in [0.25, 0.3) is 0 Å². The number of hydrogen-bond acceptors (Lipinski definition) is 3. The highest BCUT2D eigenvalue weighted by Crippen LogP contribution is 2.41. The minimum Gasteiger partial charge on any atom is -0.355 e. The summed E-state index contributed by atoms with van der Waals surface area (Å²) in [5, 5.41) is 5.88. The molecule has 0 radical (unpaired) electrons. The molecule has 2 aliphatic rings. The number of nitrogens with one attached hydrogen (secondary N) is 2.